The fourth-order valence-corrected chi connectivity index (χ4v) is 2.99. The van der Waals surface area contributed by atoms with E-state index in [0.29, 0.717) is 0 Å². The number of aliphatic hydroxyl groups excluding tert-OH is 1. The third kappa shape index (κ3) is 2.41. The summed E-state index contributed by atoms with van der Waals surface area (Å²) < 4.78 is 0. The predicted molar refractivity (Wildman–Crippen MR) is 92.0 cm³/mol. The molecule has 23 heavy (non-hydrogen) atoms. The van der Waals surface area contributed by atoms with Gasteiger partial charge in [-0.1, -0.05) is 48.5 Å². The Labute approximate surface area is 134 Å². The van der Waals surface area contributed by atoms with Gasteiger partial charge in [-0.25, -0.2) is 0 Å². The first kappa shape index (κ1) is 13.7. The molecule has 4 aromatic rings. The number of fused-ring (bicyclic) bond motifs is 1. The van der Waals surface area contributed by atoms with Gasteiger partial charge < -0.3 is 10.1 Å². The zero-order valence-corrected chi connectivity index (χ0v) is 12.5. The van der Waals surface area contributed by atoms with Gasteiger partial charge in [0.05, 0.1) is 5.69 Å². The number of rotatable bonds is 3. The van der Waals surface area contributed by atoms with Crippen LogP contribution in [0.15, 0.2) is 79.1 Å². The van der Waals surface area contributed by atoms with Gasteiger partial charge in [0.2, 0.25) is 0 Å². The molecular weight excluding hydrogens is 284 g/mol. The Morgan fingerprint density at radius 2 is 1.52 bits per heavy atom. The van der Waals surface area contributed by atoms with Crippen LogP contribution in [0.4, 0.5) is 0 Å². The minimum absolute atomic E-state index is 0.704. The van der Waals surface area contributed by atoms with Gasteiger partial charge in [0.15, 0.2) is 0 Å². The Morgan fingerprint density at radius 3 is 2.30 bits per heavy atom. The van der Waals surface area contributed by atoms with E-state index in [4.69, 9.17) is 0 Å². The van der Waals surface area contributed by atoms with Crippen LogP contribution in [-0.4, -0.2) is 15.1 Å². The Balaban J connectivity index is 1.97. The number of aliphatic hydroxyl groups is 1. The normalized spacial score (nSPS) is 12.4. The highest BCUT2D eigenvalue weighted by Gasteiger charge is 2.21. The summed E-state index contributed by atoms with van der Waals surface area (Å²) in [5.74, 6) is 0. The zero-order chi connectivity index (χ0) is 15.6. The van der Waals surface area contributed by atoms with Crippen molar-refractivity contribution < 1.29 is 5.11 Å². The van der Waals surface area contributed by atoms with E-state index in [0.717, 1.165) is 33.3 Å². The molecule has 0 radical (unpaired) electrons. The van der Waals surface area contributed by atoms with Crippen molar-refractivity contribution in [3.63, 3.8) is 0 Å². The van der Waals surface area contributed by atoms with Crippen LogP contribution in [0.25, 0.3) is 22.2 Å². The highest BCUT2D eigenvalue weighted by atomic mass is 16.3. The lowest BCUT2D eigenvalue weighted by Crippen LogP contribution is -2.01. The topological polar surface area (TPSA) is 48.9 Å². The molecule has 0 fully saturated rings. The lowest BCUT2D eigenvalue weighted by molar-refractivity contribution is 0.222. The van der Waals surface area contributed by atoms with Crippen LogP contribution in [0.2, 0.25) is 0 Å². The van der Waals surface area contributed by atoms with Crippen LogP contribution in [0.1, 0.15) is 17.2 Å². The van der Waals surface area contributed by atoms with E-state index < -0.39 is 6.10 Å². The van der Waals surface area contributed by atoms with Crippen molar-refractivity contribution in [1.82, 2.24) is 9.97 Å². The third-order valence-electron chi connectivity index (χ3n) is 4.10. The first-order chi connectivity index (χ1) is 11.3. The van der Waals surface area contributed by atoms with Gasteiger partial charge in [0, 0.05) is 28.9 Å². The molecule has 3 nitrogen and oxygen atoms in total. The molecule has 2 N–H and O–H groups in total. The number of H-pyrrole nitrogens is 1. The van der Waals surface area contributed by atoms with Crippen molar-refractivity contribution >= 4 is 10.9 Å². The number of nitrogens with one attached hydrogen (secondary N) is 1. The van der Waals surface area contributed by atoms with Gasteiger partial charge in [-0.05, 0) is 29.3 Å². The summed E-state index contributed by atoms with van der Waals surface area (Å²) in [6.07, 6.45) is 2.70. The summed E-state index contributed by atoms with van der Waals surface area (Å²) in [5, 5.41) is 12.0. The number of hydrogen-bond acceptors (Lipinski definition) is 2. The van der Waals surface area contributed by atoms with Crippen LogP contribution in [0, 0.1) is 0 Å². The van der Waals surface area contributed by atoms with Gasteiger partial charge in [0.25, 0.3) is 0 Å². The van der Waals surface area contributed by atoms with Gasteiger partial charge >= 0.3 is 0 Å². The summed E-state index contributed by atoms with van der Waals surface area (Å²) in [5.41, 5.74) is 4.78. The van der Waals surface area contributed by atoms with E-state index in [-0.39, 0.29) is 0 Å². The smallest absolute Gasteiger partial charge is 0.107 e. The molecule has 2 heterocycles. The lowest BCUT2D eigenvalue weighted by Gasteiger charge is -2.13. The van der Waals surface area contributed by atoms with Crippen molar-refractivity contribution in [2.45, 2.75) is 6.10 Å². The molecule has 0 bridgehead atoms. The second-order valence-electron chi connectivity index (χ2n) is 5.51. The predicted octanol–water partition coefficient (Wildman–Crippen LogP) is 4.31. The maximum atomic E-state index is 11.0. The fourth-order valence-electron chi connectivity index (χ4n) is 2.99. The van der Waals surface area contributed by atoms with Crippen LogP contribution in [-0.2, 0) is 0 Å². The van der Waals surface area contributed by atoms with Crippen LogP contribution >= 0.6 is 0 Å². The Hall–Kier alpha value is -2.91. The molecule has 4 rings (SSSR count). The first-order valence-corrected chi connectivity index (χ1v) is 7.58. The number of aromatic nitrogens is 2. The molecule has 0 aliphatic carbocycles. The van der Waals surface area contributed by atoms with E-state index >= 15 is 0 Å². The molecule has 1 atom stereocenters. The number of nitrogens with zero attached hydrogens (tertiary/aromatic N) is 1. The molecule has 0 spiro atoms. The molecular formula is C20H16N2O. The van der Waals surface area contributed by atoms with Gasteiger partial charge in [-0.3, -0.25) is 4.98 Å². The molecule has 112 valence electrons. The molecule has 0 aliphatic rings. The molecule has 1 unspecified atom stereocenters. The summed E-state index contributed by atoms with van der Waals surface area (Å²) in [4.78, 5) is 7.49. The quantitative estimate of drug-likeness (QED) is 0.592. The Kier molecular flexibility index (Phi) is 3.41. The second-order valence-corrected chi connectivity index (χ2v) is 5.51. The Bertz CT molecular complexity index is 930. The highest BCUT2D eigenvalue weighted by Crippen LogP contribution is 2.37. The summed E-state index contributed by atoms with van der Waals surface area (Å²) in [7, 11) is 0. The lowest BCUT2D eigenvalue weighted by atomic mass is 9.96. The molecule has 2 aromatic carbocycles. The molecule has 0 saturated carbocycles. The number of pyridine rings is 1. The summed E-state index contributed by atoms with van der Waals surface area (Å²) in [6, 6.07) is 21.9. The van der Waals surface area contributed by atoms with Gasteiger partial charge in [-0.15, -0.1) is 0 Å². The number of benzene rings is 2. The maximum absolute atomic E-state index is 11.0. The molecule has 0 aliphatic heterocycles. The van der Waals surface area contributed by atoms with E-state index in [2.05, 4.69) is 9.97 Å². The molecule has 0 amide bonds. The van der Waals surface area contributed by atoms with Crippen molar-refractivity contribution in [1.29, 1.82) is 0 Å². The first-order valence-electron chi connectivity index (χ1n) is 7.58. The maximum Gasteiger partial charge on any atom is 0.107 e. The summed E-state index contributed by atoms with van der Waals surface area (Å²) >= 11 is 0. The average molecular weight is 300 g/mol. The van der Waals surface area contributed by atoms with E-state index in [1.807, 2.05) is 66.7 Å². The third-order valence-corrected chi connectivity index (χ3v) is 4.10. The monoisotopic (exact) mass is 300 g/mol. The van der Waals surface area contributed by atoms with E-state index in [1.165, 1.54) is 0 Å². The number of aromatic amines is 1. The average Bonchev–Trinajstić information content (AvgIpc) is 3.02. The van der Waals surface area contributed by atoms with Crippen molar-refractivity contribution in [2.75, 3.05) is 0 Å². The fraction of sp³-hybridized carbons (Fsp3) is 0.0500. The summed E-state index contributed by atoms with van der Waals surface area (Å²) in [6.45, 7) is 0. The number of para-hydroxylation sites is 1. The van der Waals surface area contributed by atoms with Crippen molar-refractivity contribution in [2.24, 2.45) is 0 Å². The Morgan fingerprint density at radius 1 is 0.826 bits per heavy atom. The van der Waals surface area contributed by atoms with Crippen molar-refractivity contribution in [3.8, 4) is 11.3 Å². The number of hydrogen-bond donors (Lipinski definition) is 2. The minimum atomic E-state index is -0.704. The molecule has 3 heteroatoms. The molecule has 0 saturated heterocycles. The van der Waals surface area contributed by atoms with Crippen LogP contribution < -0.4 is 0 Å². The second kappa shape index (κ2) is 5.71. The molecule has 2 aromatic heterocycles. The minimum Gasteiger partial charge on any atom is -0.384 e. The SMILES string of the molecule is OC(c1ccncc1)c1c(-c2ccccc2)[nH]c2ccccc12. The van der Waals surface area contributed by atoms with Crippen molar-refractivity contribution in [3.05, 3.63) is 90.3 Å². The van der Waals surface area contributed by atoms with E-state index in [9.17, 15) is 5.11 Å². The van der Waals surface area contributed by atoms with Gasteiger partial charge in [0.1, 0.15) is 6.10 Å². The van der Waals surface area contributed by atoms with Crippen LogP contribution in [0.3, 0.4) is 0 Å². The standard InChI is InChI=1S/C20H16N2O/c23-20(15-10-12-21-13-11-15)18-16-8-4-5-9-17(16)22-19(18)14-6-2-1-3-7-14/h1-13,20,22-23H. The van der Waals surface area contributed by atoms with Crippen LogP contribution in [0.5, 0.6) is 0 Å². The van der Waals surface area contributed by atoms with Gasteiger partial charge in [-0.2, -0.15) is 0 Å². The zero-order valence-electron chi connectivity index (χ0n) is 12.5. The largest absolute Gasteiger partial charge is 0.384 e. The highest BCUT2D eigenvalue weighted by molar-refractivity contribution is 5.91. The van der Waals surface area contributed by atoms with E-state index in [1.54, 1.807) is 12.4 Å².